The highest BCUT2D eigenvalue weighted by atomic mass is 16.5. The third-order valence-corrected chi connectivity index (χ3v) is 3.86. The highest BCUT2D eigenvalue weighted by Gasteiger charge is 2.13. The molecule has 0 aliphatic rings. The Morgan fingerprint density at radius 3 is 2.11 bits per heavy atom. The number of nitrogens with zero attached hydrogens (tertiary/aromatic N) is 2. The summed E-state index contributed by atoms with van der Waals surface area (Å²) in [6, 6.07) is 16.7. The van der Waals surface area contributed by atoms with Crippen LogP contribution in [-0.2, 0) is 0 Å². The van der Waals surface area contributed by atoms with Crippen LogP contribution in [0, 0.1) is 13.8 Å². The Bertz CT molecular complexity index is 902. The summed E-state index contributed by atoms with van der Waals surface area (Å²) in [7, 11) is 0. The van der Waals surface area contributed by atoms with Crippen LogP contribution in [0.25, 0.3) is 0 Å². The van der Waals surface area contributed by atoms with Gasteiger partial charge in [-0.25, -0.2) is 0 Å². The molecule has 27 heavy (non-hydrogen) atoms. The number of carbonyl (C=O) groups excluding carboxylic acids is 1. The minimum absolute atomic E-state index is 0.236. The molecule has 1 N–H and O–H groups in total. The number of rotatable bonds is 6. The minimum Gasteiger partial charge on any atom is -0.464 e. The zero-order valence-electron chi connectivity index (χ0n) is 15.5. The first-order valence-corrected chi connectivity index (χ1v) is 8.69. The quantitative estimate of drug-likeness (QED) is 0.696. The molecular formula is C21H21N3O3. The number of hydrogen-bond donors (Lipinski definition) is 1. The van der Waals surface area contributed by atoms with Gasteiger partial charge in [0.1, 0.15) is 11.5 Å². The maximum absolute atomic E-state index is 12.6. The van der Waals surface area contributed by atoms with Crippen molar-refractivity contribution >= 4 is 11.6 Å². The van der Waals surface area contributed by atoms with Gasteiger partial charge in [-0.05, 0) is 57.2 Å². The lowest BCUT2D eigenvalue weighted by Crippen LogP contribution is -2.15. The van der Waals surface area contributed by atoms with Crippen LogP contribution in [-0.4, -0.2) is 22.5 Å². The van der Waals surface area contributed by atoms with Crippen molar-refractivity contribution in [2.75, 3.05) is 11.9 Å². The van der Waals surface area contributed by atoms with Gasteiger partial charge in [0.15, 0.2) is 0 Å². The van der Waals surface area contributed by atoms with Crippen molar-refractivity contribution in [2.45, 2.75) is 20.8 Å². The minimum atomic E-state index is -0.236. The number of carbonyl (C=O) groups is 1. The molecule has 1 heterocycles. The van der Waals surface area contributed by atoms with Gasteiger partial charge in [0, 0.05) is 5.56 Å². The van der Waals surface area contributed by atoms with Crippen molar-refractivity contribution in [1.82, 2.24) is 9.97 Å². The van der Waals surface area contributed by atoms with Crippen molar-refractivity contribution in [3.8, 4) is 17.5 Å². The third-order valence-electron chi connectivity index (χ3n) is 3.86. The number of aromatic nitrogens is 2. The van der Waals surface area contributed by atoms with Crippen molar-refractivity contribution < 1.29 is 14.3 Å². The highest BCUT2D eigenvalue weighted by molar-refractivity contribution is 6.04. The maximum atomic E-state index is 12.6. The van der Waals surface area contributed by atoms with Gasteiger partial charge in [0.2, 0.25) is 0 Å². The highest BCUT2D eigenvalue weighted by Crippen LogP contribution is 2.23. The SMILES string of the molecule is CCOc1nc(C)c(NC(=O)c2ccc(Oc3ccccc3)cc2)c(C)n1. The van der Waals surface area contributed by atoms with Gasteiger partial charge < -0.3 is 14.8 Å². The van der Waals surface area contributed by atoms with E-state index in [0.29, 0.717) is 41.0 Å². The molecule has 6 heteroatoms. The topological polar surface area (TPSA) is 73.3 Å². The van der Waals surface area contributed by atoms with E-state index in [1.165, 1.54) is 0 Å². The first-order valence-electron chi connectivity index (χ1n) is 8.69. The second kappa shape index (κ2) is 8.31. The lowest BCUT2D eigenvalue weighted by molar-refractivity contribution is 0.102. The molecule has 0 aliphatic carbocycles. The normalized spacial score (nSPS) is 10.3. The second-order valence-electron chi connectivity index (χ2n) is 5.88. The number of anilines is 1. The molecule has 0 atom stereocenters. The average molecular weight is 363 g/mol. The number of hydrogen-bond acceptors (Lipinski definition) is 5. The van der Waals surface area contributed by atoms with Gasteiger partial charge in [-0.3, -0.25) is 4.79 Å². The van der Waals surface area contributed by atoms with Gasteiger partial charge in [0.05, 0.1) is 23.7 Å². The fraction of sp³-hybridized carbons (Fsp3) is 0.190. The van der Waals surface area contributed by atoms with Crippen LogP contribution >= 0.6 is 0 Å². The van der Waals surface area contributed by atoms with E-state index in [4.69, 9.17) is 9.47 Å². The van der Waals surface area contributed by atoms with Gasteiger partial charge in [0.25, 0.3) is 5.91 Å². The monoisotopic (exact) mass is 363 g/mol. The Balaban J connectivity index is 1.71. The average Bonchev–Trinajstić information content (AvgIpc) is 2.66. The molecule has 0 fully saturated rings. The smallest absolute Gasteiger partial charge is 0.316 e. The predicted octanol–water partition coefficient (Wildman–Crippen LogP) is 4.54. The van der Waals surface area contributed by atoms with E-state index >= 15 is 0 Å². The first kappa shape index (κ1) is 18.4. The van der Waals surface area contributed by atoms with E-state index in [1.54, 1.807) is 24.3 Å². The van der Waals surface area contributed by atoms with Gasteiger partial charge in [-0.1, -0.05) is 18.2 Å². The van der Waals surface area contributed by atoms with Crippen LogP contribution in [0.4, 0.5) is 5.69 Å². The van der Waals surface area contributed by atoms with Crippen LogP contribution in [0.3, 0.4) is 0 Å². The summed E-state index contributed by atoms with van der Waals surface area (Å²) in [5, 5.41) is 2.87. The summed E-state index contributed by atoms with van der Waals surface area (Å²) in [6.07, 6.45) is 0. The van der Waals surface area contributed by atoms with Crippen molar-refractivity contribution in [3.05, 3.63) is 71.5 Å². The zero-order chi connectivity index (χ0) is 19.2. The molecule has 0 radical (unpaired) electrons. The molecule has 6 nitrogen and oxygen atoms in total. The Kier molecular flexibility index (Phi) is 5.66. The van der Waals surface area contributed by atoms with Crippen molar-refractivity contribution in [3.63, 3.8) is 0 Å². The molecule has 3 aromatic rings. The Labute approximate surface area is 158 Å². The van der Waals surface area contributed by atoms with E-state index in [1.807, 2.05) is 51.1 Å². The fourth-order valence-corrected chi connectivity index (χ4v) is 2.54. The summed E-state index contributed by atoms with van der Waals surface area (Å²) >= 11 is 0. The summed E-state index contributed by atoms with van der Waals surface area (Å²) in [4.78, 5) is 21.1. The Hall–Kier alpha value is -3.41. The number of ether oxygens (including phenoxy) is 2. The van der Waals surface area contributed by atoms with Crippen LogP contribution < -0.4 is 14.8 Å². The summed E-state index contributed by atoms with van der Waals surface area (Å²) < 4.78 is 11.1. The number of amides is 1. The van der Waals surface area contributed by atoms with Gasteiger partial charge in [-0.2, -0.15) is 9.97 Å². The molecular weight excluding hydrogens is 342 g/mol. The molecule has 3 rings (SSSR count). The molecule has 0 spiro atoms. The van der Waals surface area contributed by atoms with E-state index < -0.39 is 0 Å². The molecule has 0 aliphatic heterocycles. The van der Waals surface area contributed by atoms with E-state index in [2.05, 4.69) is 15.3 Å². The summed E-state index contributed by atoms with van der Waals surface area (Å²) in [5.74, 6) is 1.17. The fourth-order valence-electron chi connectivity index (χ4n) is 2.54. The van der Waals surface area contributed by atoms with Crippen molar-refractivity contribution in [2.24, 2.45) is 0 Å². The molecule has 0 bridgehead atoms. The molecule has 0 saturated carbocycles. The number of para-hydroxylation sites is 1. The standard InChI is InChI=1S/C21H21N3O3/c1-4-26-21-22-14(2)19(15(3)23-21)24-20(25)16-10-12-18(13-11-16)27-17-8-6-5-7-9-17/h5-13H,4H2,1-3H3,(H,24,25). The summed E-state index contributed by atoms with van der Waals surface area (Å²) in [6.45, 7) is 5.98. The zero-order valence-corrected chi connectivity index (χ0v) is 15.5. The van der Waals surface area contributed by atoms with E-state index in [9.17, 15) is 4.79 Å². The molecule has 2 aromatic carbocycles. The number of nitrogens with one attached hydrogen (secondary N) is 1. The molecule has 1 amide bonds. The number of benzene rings is 2. The van der Waals surface area contributed by atoms with E-state index in [-0.39, 0.29) is 5.91 Å². The van der Waals surface area contributed by atoms with Crippen LogP contribution in [0.1, 0.15) is 28.7 Å². The summed E-state index contributed by atoms with van der Waals surface area (Å²) in [5.41, 5.74) is 2.42. The lowest BCUT2D eigenvalue weighted by atomic mass is 10.2. The maximum Gasteiger partial charge on any atom is 0.316 e. The van der Waals surface area contributed by atoms with Crippen molar-refractivity contribution in [1.29, 1.82) is 0 Å². The Morgan fingerprint density at radius 2 is 1.52 bits per heavy atom. The van der Waals surface area contributed by atoms with Gasteiger partial charge >= 0.3 is 6.01 Å². The largest absolute Gasteiger partial charge is 0.464 e. The Morgan fingerprint density at radius 1 is 0.926 bits per heavy atom. The van der Waals surface area contributed by atoms with E-state index in [0.717, 1.165) is 5.75 Å². The van der Waals surface area contributed by atoms with Gasteiger partial charge in [-0.15, -0.1) is 0 Å². The predicted molar refractivity (Wildman–Crippen MR) is 104 cm³/mol. The first-order chi connectivity index (χ1) is 13.1. The third kappa shape index (κ3) is 4.61. The lowest BCUT2D eigenvalue weighted by Gasteiger charge is -2.12. The van der Waals surface area contributed by atoms with Crippen LogP contribution in [0.5, 0.6) is 17.5 Å². The molecule has 0 saturated heterocycles. The molecule has 1 aromatic heterocycles. The van der Waals surface area contributed by atoms with Crippen LogP contribution in [0.15, 0.2) is 54.6 Å². The molecule has 138 valence electrons. The number of aryl methyl sites for hydroxylation is 2. The van der Waals surface area contributed by atoms with Crippen LogP contribution in [0.2, 0.25) is 0 Å². The molecule has 0 unspecified atom stereocenters. The second-order valence-corrected chi connectivity index (χ2v) is 5.88.